The Morgan fingerprint density at radius 3 is 2.64 bits per heavy atom. The molecule has 0 aromatic rings. The van der Waals surface area contributed by atoms with Crippen LogP contribution in [0.1, 0.15) is 33.6 Å². The summed E-state index contributed by atoms with van der Waals surface area (Å²) in [6.07, 6.45) is 2.45. The lowest BCUT2D eigenvalue weighted by Crippen LogP contribution is -2.31. The summed E-state index contributed by atoms with van der Waals surface area (Å²) in [6, 6.07) is 0.674. The van der Waals surface area contributed by atoms with Gasteiger partial charge in [-0.25, -0.2) is 0 Å². The molecule has 64 valence electrons. The predicted octanol–water partition coefficient (Wildman–Crippen LogP) is 2.54. The summed E-state index contributed by atoms with van der Waals surface area (Å²) in [4.78, 5) is 0. The SMILES string of the molecule is C=C1CC(CC)C(C(C)C)N1. The molecule has 0 radical (unpaired) electrons. The van der Waals surface area contributed by atoms with Crippen molar-refractivity contribution < 1.29 is 0 Å². The van der Waals surface area contributed by atoms with Gasteiger partial charge in [0.15, 0.2) is 0 Å². The Morgan fingerprint density at radius 2 is 2.27 bits per heavy atom. The van der Waals surface area contributed by atoms with Gasteiger partial charge in [0.2, 0.25) is 0 Å². The van der Waals surface area contributed by atoms with Gasteiger partial charge in [0, 0.05) is 11.7 Å². The van der Waals surface area contributed by atoms with Crippen LogP contribution in [0.15, 0.2) is 12.3 Å². The van der Waals surface area contributed by atoms with Gasteiger partial charge in [0.25, 0.3) is 0 Å². The highest BCUT2D eigenvalue weighted by Crippen LogP contribution is 2.28. The Kier molecular flexibility index (Phi) is 2.58. The highest BCUT2D eigenvalue weighted by molar-refractivity contribution is 5.05. The molecule has 1 aliphatic rings. The van der Waals surface area contributed by atoms with Crippen molar-refractivity contribution in [2.24, 2.45) is 11.8 Å². The van der Waals surface area contributed by atoms with E-state index in [4.69, 9.17) is 0 Å². The normalized spacial score (nSPS) is 31.1. The van der Waals surface area contributed by atoms with Crippen molar-refractivity contribution in [1.82, 2.24) is 5.32 Å². The number of allylic oxidation sites excluding steroid dienone is 1. The molecule has 1 N–H and O–H groups in total. The van der Waals surface area contributed by atoms with Crippen molar-refractivity contribution in [3.63, 3.8) is 0 Å². The quantitative estimate of drug-likeness (QED) is 0.643. The molecule has 1 aliphatic heterocycles. The van der Waals surface area contributed by atoms with Crippen LogP contribution in [0.3, 0.4) is 0 Å². The molecule has 2 atom stereocenters. The van der Waals surface area contributed by atoms with Crippen molar-refractivity contribution in [1.29, 1.82) is 0 Å². The van der Waals surface area contributed by atoms with Gasteiger partial charge in [-0.2, -0.15) is 0 Å². The molecule has 1 heterocycles. The minimum atomic E-state index is 0.674. The molecule has 1 nitrogen and oxygen atoms in total. The minimum absolute atomic E-state index is 0.674. The van der Waals surface area contributed by atoms with Crippen LogP contribution in [-0.2, 0) is 0 Å². The average Bonchev–Trinajstić information content (AvgIpc) is 2.30. The van der Waals surface area contributed by atoms with Gasteiger partial charge in [-0.15, -0.1) is 0 Å². The summed E-state index contributed by atoms with van der Waals surface area (Å²) in [6.45, 7) is 10.8. The second kappa shape index (κ2) is 3.29. The molecule has 1 heteroatoms. The van der Waals surface area contributed by atoms with Crippen LogP contribution in [0.5, 0.6) is 0 Å². The topological polar surface area (TPSA) is 12.0 Å². The summed E-state index contributed by atoms with van der Waals surface area (Å²) in [5.74, 6) is 1.56. The van der Waals surface area contributed by atoms with Crippen LogP contribution in [-0.4, -0.2) is 6.04 Å². The van der Waals surface area contributed by atoms with E-state index in [0.717, 1.165) is 11.8 Å². The molecule has 2 unspecified atom stereocenters. The fourth-order valence-corrected chi connectivity index (χ4v) is 1.97. The van der Waals surface area contributed by atoms with Gasteiger partial charge in [-0.05, 0) is 18.3 Å². The molecule has 1 saturated heterocycles. The van der Waals surface area contributed by atoms with E-state index in [0.29, 0.717) is 6.04 Å². The third-order valence-electron chi connectivity index (χ3n) is 2.63. The maximum absolute atomic E-state index is 3.97. The van der Waals surface area contributed by atoms with E-state index in [1.54, 1.807) is 0 Å². The zero-order valence-electron chi connectivity index (χ0n) is 7.85. The van der Waals surface area contributed by atoms with Crippen molar-refractivity contribution in [2.75, 3.05) is 0 Å². The van der Waals surface area contributed by atoms with Crippen LogP contribution >= 0.6 is 0 Å². The molecule has 0 bridgehead atoms. The van der Waals surface area contributed by atoms with E-state index in [1.807, 2.05) is 0 Å². The third kappa shape index (κ3) is 1.76. The van der Waals surface area contributed by atoms with Crippen LogP contribution in [0, 0.1) is 11.8 Å². The first-order valence-electron chi connectivity index (χ1n) is 4.59. The molecule has 0 spiro atoms. The highest BCUT2D eigenvalue weighted by Gasteiger charge is 2.29. The van der Waals surface area contributed by atoms with Crippen LogP contribution in [0.4, 0.5) is 0 Å². The van der Waals surface area contributed by atoms with Crippen molar-refractivity contribution in [3.05, 3.63) is 12.3 Å². The summed E-state index contributed by atoms with van der Waals surface area (Å²) in [5.41, 5.74) is 1.23. The standard InChI is InChI=1S/C10H19N/c1-5-9-6-8(4)11-10(9)7(2)3/h7,9-11H,4-6H2,1-3H3. The van der Waals surface area contributed by atoms with E-state index >= 15 is 0 Å². The fourth-order valence-electron chi connectivity index (χ4n) is 1.97. The first kappa shape index (κ1) is 8.63. The Morgan fingerprint density at radius 1 is 1.64 bits per heavy atom. The maximum Gasteiger partial charge on any atom is 0.0312 e. The number of hydrogen-bond donors (Lipinski definition) is 1. The average molecular weight is 153 g/mol. The van der Waals surface area contributed by atoms with Crippen molar-refractivity contribution in [2.45, 2.75) is 39.7 Å². The lowest BCUT2D eigenvalue weighted by Gasteiger charge is -2.21. The zero-order valence-corrected chi connectivity index (χ0v) is 7.85. The first-order chi connectivity index (χ1) is 5.15. The third-order valence-corrected chi connectivity index (χ3v) is 2.63. The molecular formula is C10H19N. The summed E-state index contributed by atoms with van der Waals surface area (Å²) in [7, 11) is 0. The second-order valence-electron chi connectivity index (χ2n) is 3.89. The summed E-state index contributed by atoms with van der Waals surface area (Å²) >= 11 is 0. The summed E-state index contributed by atoms with van der Waals surface area (Å²) in [5, 5.41) is 3.46. The van der Waals surface area contributed by atoms with E-state index in [-0.39, 0.29) is 0 Å². The Hall–Kier alpha value is -0.460. The molecule has 1 rings (SSSR count). The van der Waals surface area contributed by atoms with Gasteiger partial charge < -0.3 is 5.32 Å². The van der Waals surface area contributed by atoms with Gasteiger partial charge in [-0.1, -0.05) is 33.8 Å². The smallest absolute Gasteiger partial charge is 0.0312 e. The fraction of sp³-hybridized carbons (Fsp3) is 0.800. The first-order valence-corrected chi connectivity index (χ1v) is 4.59. The van der Waals surface area contributed by atoms with Crippen molar-refractivity contribution in [3.8, 4) is 0 Å². The zero-order chi connectivity index (χ0) is 8.43. The molecule has 0 aliphatic carbocycles. The van der Waals surface area contributed by atoms with Crippen LogP contribution in [0.25, 0.3) is 0 Å². The molecule has 11 heavy (non-hydrogen) atoms. The Balaban J connectivity index is 2.57. The molecule has 0 saturated carbocycles. The van der Waals surface area contributed by atoms with E-state index in [1.165, 1.54) is 18.5 Å². The van der Waals surface area contributed by atoms with E-state index in [2.05, 4.69) is 32.7 Å². The van der Waals surface area contributed by atoms with Gasteiger partial charge in [0.1, 0.15) is 0 Å². The highest BCUT2D eigenvalue weighted by atomic mass is 15.0. The molecule has 0 amide bonds. The molecule has 1 fully saturated rings. The summed E-state index contributed by atoms with van der Waals surface area (Å²) < 4.78 is 0. The number of hydrogen-bond acceptors (Lipinski definition) is 1. The van der Waals surface area contributed by atoms with E-state index < -0.39 is 0 Å². The number of rotatable bonds is 2. The van der Waals surface area contributed by atoms with E-state index in [9.17, 15) is 0 Å². The second-order valence-corrected chi connectivity index (χ2v) is 3.89. The van der Waals surface area contributed by atoms with Gasteiger partial charge in [-0.3, -0.25) is 0 Å². The Bertz CT molecular complexity index is 149. The van der Waals surface area contributed by atoms with Gasteiger partial charge in [0.05, 0.1) is 0 Å². The molecule has 0 aromatic carbocycles. The molecular weight excluding hydrogens is 134 g/mol. The maximum atomic E-state index is 3.97. The van der Waals surface area contributed by atoms with Crippen LogP contribution < -0.4 is 5.32 Å². The predicted molar refractivity (Wildman–Crippen MR) is 49.3 cm³/mol. The largest absolute Gasteiger partial charge is 0.386 e. The number of nitrogens with one attached hydrogen (secondary N) is 1. The van der Waals surface area contributed by atoms with Crippen LogP contribution in [0.2, 0.25) is 0 Å². The lowest BCUT2D eigenvalue weighted by atomic mass is 9.90. The monoisotopic (exact) mass is 153 g/mol. The Labute approximate surface area is 69.9 Å². The lowest BCUT2D eigenvalue weighted by molar-refractivity contribution is 0.348. The van der Waals surface area contributed by atoms with Gasteiger partial charge >= 0.3 is 0 Å². The molecule has 0 aromatic heterocycles. The minimum Gasteiger partial charge on any atom is -0.386 e. The van der Waals surface area contributed by atoms with Crippen molar-refractivity contribution >= 4 is 0 Å².